The summed E-state index contributed by atoms with van der Waals surface area (Å²) < 4.78 is 54.4. The summed E-state index contributed by atoms with van der Waals surface area (Å²) in [6, 6.07) is 10.4. The molecule has 1 aromatic heterocycles. The van der Waals surface area contributed by atoms with Crippen LogP contribution in [-0.4, -0.2) is 102 Å². The molecule has 1 N–H and O–H groups in total. The van der Waals surface area contributed by atoms with Gasteiger partial charge in [0.15, 0.2) is 0 Å². The number of anilines is 1. The van der Waals surface area contributed by atoms with Gasteiger partial charge in [-0.15, -0.1) is 0 Å². The molecular weight excluding hydrogens is 674 g/mol. The number of hydrogen-bond donors (Lipinski definition) is 1. The Balaban J connectivity index is 1.56. The van der Waals surface area contributed by atoms with Crippen molar-refractivity contribution >= 4 is 39.3 Å². The lowest BCUT2D eigenvalue weighted by molar-refractivity contribution is -0.132. The van der Waals surface area contributed by atoms with Crippen molar-refractivity contribution in [3.05, 3.63) is 70.4 Å². The summed E-state index contributed by atoms with van der Waals surface area (Å²) in [6.07, 6.45) is 2.17. The first-order valence-electron chi connectivity index (χ1n) is 16.2. The van der Waals surface area contributed by atoms with Crippen molar-refractivity contribution in [1.82, 2.24) is 20.1 Å². The van der Waals surface area contributed by atoms with Crippen molar-refractivity contribution in [3.63, 3.8) is 0 Å². The summed E-state index contributed by atoms with van der Waals surface area (Å²) in [6.45, 7) is 5.21. The molecule has 0 saturated carbocycles. The maximum Gasteiger partial charge on any atom is 0.411 e. The number of fused-ring (bicyclic) bond motifs is 1. The summed E-state index contributed by atoms with van der Waals surface area (Å²) in [5, 5.41) is 3.38. The summed E-state index contributed by atoms with van der Waals surface area (Å²) in [5.41, 5.74) is -1.64. The third kappa shape index (κ3) is 6.04. The highest BCUT2D eigenvalue weighted by Gasteiger charge is 2.61. The van der Waals surface area contributed by atoms with Crippen molar-refractivity contribution < 1.29 is 37.0 Å². The zero-order chi connectivity index (χ0) is 34.9. The van der Waals surface area contributed by atoms with E-state index in [9.17, 15) is 4.79 Å². The Labute approximate surface area is 291 Å². The number of aromatic nitrogens is 1. The Kier molecular flexibility index (Phi) is 9.94. The number of sulfonamides is 1. The van der Waals surface area contributed by atoms with Gasteiger partial charge in [-0.3, -0.25) is 4.79 Å². The molecule has 262 valence electrons. The molecule has 2 fully saturated rings. The second-order valence-corrected chi connectivity index (χ2v) is 14.3. The van der Waals surface area contributed by atoms with E-state index in [1.807, 2.05) is 7.05 Å². The number of ether oxygens (including phenoxy) is 4. The number of carbonyl (C=O) groups is 2. The van der Waals surface area contributed by atoms with Crippen LogP contribution in [0, 0.1) is 0 Å². The zero-order valence-corrected chi connectivity index (χ0v) is 29.5. The van der Waals surface area contributed by atoms with Gasteiger partial charge in [0, 0.05) is 48.5 Å². The number of nitrogens with zero attached hydrogens (tertiary/aromatic N) is 4. The number of piperidine rings is 1. The molecular formula is C34H40ClN5O8S. The molecule has 2 saturated heterocycles. The number of carbonyl (C=O) groups excluding carboxylic acids is 2. The van der Waals surface area contributed by atoms with Gasteiger partial charge in [-0.1, -0.05) is 11.6 Å². The highest BCUT2D eigenvalue weighted by Crippen LogP contribution is 2.53. The summed E-state index contributed by atoms with van der Waals surface area (Å²) in [5.74, 6) is -0.533. The van der Waals surface area contributed by atoms with Crippen molar-refractivity contribution in [3.8, 4) is 17.4 Å². The first-order valence-corrected chi connectivity index (χ1v) is 18.0. The predicted octanol–water partition coefficient (Wildman–Crippen LogP) is 3.98. The maximum atomic E-state index is 15.2. The Morgan fingerprint density at radius 2 is 1.78 bits per heavy atom. The minimum Gasteiger partial charge on any atom is -0.496 e. The van der Waals surface area contributed by atoms with E-state index in [0.717, 1.165) is 25.9 Å². The molecule has 2 aromatic carbocycles. The average molecular weight is 714 g/mol. The number of methoxy groups -OCH3 is 2. The van der Waals surface area contributed by atoms with E-state index >= 15 is 13.2 Å². The maximum absolute atomic E-state index is 15.2. The van der Waals surface area contributed by atoms with Crippen LogP contribution >= 0.6 is 11.6 Å². The molecule has 4 heterocycles. The van der Waals surface area contributed by atoms with Crippen LogP contribution in [0.2, 0.25) is 5.02 Å². The van der Waals surface area contributed by atoms with Crippen LogP contribution in [-0.2, 0) is 25.2 Å². The quantitative estimate of drug-likeness (QED) is 0.345. The molecule has 1 unspecified atom stereocenters. The first kappa shape index (κ1) is 34.7. The molecule has 3 aliphatic heterocycles. The summed E-state index contributed by atoms with van der Waals surface area (Å²) in [4.78, 5) is 36.9. The topological polar surface area (TPSA) is 140 Å². The number of amides is 2. The average Bonchev–Trinajstić information content (AvgIpc) is 3.36. The molecule has 0 radical (unpaired) electrons. The number of rotatable bonds is 9. The van der Waals surface area contributed by atoms with E-state index < -0.39 is 27.6 Å². The standard InChI is InChI=1S/C34H40ClN5O8S/c1-5-47-31-24(7-6-14-37-31)34(48-33(42)39-19-15-36-16-20-39)25-21-23(35)8-9-26(25)40(32(34)41)49(43,44)28-11-10-27(45-3)29(30(28)46-4)22-12-17-38(2)18-13-22/h6-11,14,21-22,36H,5,12-13,15-20H2,1-4H3. The lowest BCUT2D eigenvalue weighted by Crippen LogP contribution is -2.52. The number of halogens is 1. The van der Waals surface area contributed by atoms with Crippen LogP contribution in [0.3, 0.4) is 0 Å². The fourth-order valence-corrected chi connectivity index (χ4v) is 8.68. The number of likely N-dealkylation sites (tertiary alicyclic amines) is 1. The van der Waals surface area contributed by atoms with Gasteiger partial charge in [-0.2, -0.15) is 4.31 Å². The van der Waals surface area contributed by atoms with Crippen LogP contribution in [0.4, 0.5) is 10.5 Å². The first-order chi connectivity index (χ1) is 23.6. The van der Waals surface area contributed by atoms with E-state index in [4.69, 9.17) is 30.5 Å². The Bertz CT molecular complexity index is 1850. The molecule has 49 heavy (non-hydrogen) atoms. The Hall–Kier alpha value is -4.11. The minimum atomic E-state index is -4.75. The molecule has 0 aliphatic carbocycles. The van der Waals surface area contributed by atoms with Crippen molar-refractivity contribution in [2.24, 2.45) is 0 Å². The summed E-state index contributed by atoms with van der Waals surface area (Å²) >= 11 is 6.53. The number of pyridine rings is 1. The van der Waals surface area contributed by atoms with Crippen molar-refractivity contribution in [2.75, 3.05) is 71.4 Å². The molecule has 0 bridgehead atoms. The molecule has 13 nitrogen and oxygen atoms in total. The van der Waals surface area contributed by atoms with E-state index in [1.165, 1.54) is 55.6 Å². The number of hydrogen-bond acceptors (Lipinski definition) is 11. The molecule has 15 heteroatoms. The van der Waals surface area contributed by atoms with Gasteiger partial charge in [0.05, 0.1) is 32.1 Å². The number of piperazine rings is 1. The van der Waals surface area contributed by atoms with Crippen molar-refractivity contribution in [2.45, 2.75) is 36.2 Å². The minimum absolute atomic E-state index is 0.00298. The van der Waals surface area contributed by atoms with E-state index in [2.05, 4.69) is 15.2 Å². The predicted molar refractivity (Wildman–Crippen MR) is 182 cm³/mol. The number of nitrogens with one attached hydrogen (secondary N) is 1. The third-order valence-corrected chi connectivity index (χ3v) is 11.2. The second-order valence-electron chi connectivity index (χ2n) is 12.1. The van der Waals surface area contributed by atoms with E-state index in [1.54, 1.807) is 19.1 Å². The highest BCUT2D eigenvalue weighted by atomic mass is 35.5. The van der Waals surface area contributed by atoms with Crippen molar-refractivity contribution in [1.29, 1.82) is 0 Å². The SMILES string of the molecule is CCOc1ncccc1C1(OC(=O)N2CCNCC2)C(=O)N(S(=O)(=O)c2ccc(OC)c(C3CCN(C)CC3)c2OC)c2ccc(Cl)cc21. The largest absolute Gasteiger partial charge is 0.496 e. The van der Waals surface area contributed by atoms with Crippen LogP contribution < -0.4 is 23.8 Å². The van der Waals surface area contributed by atoms with Gasteiger partial charge in [0.1, 0.15) is 16.4 Å². The van der Waals surface area contributed by atoms with Crippen LogP contribution in [0.15, 0.2) is 53.6 Å². The molecule has 3 aliphatic rings. The van der Waals surface area contributed by atoms with Crippen LogP contribution in [0.5, 0.6) is 17.4 Å². The van der Waals surface area contributed by atoms with Gasteiger partial charge in [-0.05, 0) is 88.3 Å². The number of benzene rings is 2. The van der Waals surface area contributed by atoms with Crippen LogP contribution in [0.25, 0.3) is 0 Å². The normalized spacial score (nSPS) is 20.2. The fourth-order valence-electron chi connectivity index (χ4n) is 6.88. The molecule has 0 spiro atoms. The molecule has 3 aromatic rings. The van der Waals surface area contributed by atoms with Gasteiger partial charge in [0.2, 0.25) is 5.88 Å². The third-order valence-electron chi connectivity index (χ3n) is 9.28. The fraction of sp³-hybridized carbons (Fsp3) is 0.441. The van der Waals surface area contributed by atoms with Gasteiger partial charge >= 0.3 is 6.09 Å². The van der Waals surface area contributed by atoms with E-state index in [-0.39, 0.29) is 50.9 Å². The van der Waals surface area contributed by atoms with Crippen LogP contribution in [0.1, 0.15) is 42.4 Å². The lowest BCUT2D eigenvalue weighted by Gasteiger charge is -2.34. The molecule has 1 atom stereocenters. The highest BCUT2D eigenvalue weighted by molar-refractivity contribution is 7.93. The zero-order valence-electron chi connectivity index (χ0n) is 27.9. The van der Waals surface area contributed by atoms with Gasteiger partial charge < -0.3 is 34.1 Å². The monoisotopic (exact) mass is 713 g/mol. The molecule has 2 amide bonds. The Morgan fingerprint density at radius 1 is 1.04 bits per heavy atom. The second kappa shape index (κ2) is 14.0. The summed E-state index contributed by atoms with van der Waals surface area (Å²) in [7, 11) is 0.214. The Morgan fingerprint density at radius 3 is 2.45 bits per heavy atom. The smallest absolute Gasteiger partial charge is 0.411 e. The lowest BCUT2D eigenvalue weighted by atomic mass is 9.87. The van der Waals surface area contributed by atoms with Gasteiger partial charge in [0.25, 0.3) is 21.5 Å². The molecule has 6 rings (SSSR count). The van der Waals surface area contributed by atoms with E-state index in [0.29, 0.717) is 41.8 Å². The van der Waals surface area contributed by atoms with Gasteiger partial charge in [-0.25, -0.2) is 18.2 Å².